The highest BCUT2D eigenvalue weighted by atomic mass is 16.6. The molecule has 1 N–H and O–H groups in total. The lowest BCUT2D eigenvalue weighted by Gasteiger charge is -2.28. The monoisotopic (exact) mass is 288 g/mol. The highest BCUT2D eigenvalue weighted by molar-refractivity contribution is 5.68. The van der Waals surface area contributed by atoms with Crippen molar-refractivity contribution >= 4 is 6.09 Å². The summed E-state index contributed by atoms with van der Waals surface area (Å²) in [5, 5.41) is 3.43. The Bertz CT molecular complexity index is 275. The molecular formula is C15H32N2O3. The lowest BCUT2D eigenvalue weighted by molar-refractivity contribution is 0.0258. The van der Waals surface area contributed by atoms with Gasteiger partial charge in [0.15, 0.2) is 0 Å². The Balaban J connectivity index is 4.21. The van der Waals surface area contributed by atoms with Gasteiger partial charge >= 0.3 is 6.09 Å². The van der Waals surface area contributed by atoms with Crippen molar-refractivity contribution in [2.24, 2.45) is 5.92 Å². The molecule has 0 saturated carbocycles. The molecule has 0 aromatic rings. The molecule has 0 saturated heterocycles. The van der Waals surface area contributed by atoms with Crippen LogP contribution < -0.4 is 5.32 Å². The van der Waals surface area contributed by atoms with Crippen molar-refractivity contribution in [2.75, 3.05) is 33.4 Å². The highest BCUT2D eigenvalue weighted by Crippen LogP contribution is 2.09. The van der Waals surface area contributed by atoms with Crippen molar-refractivity contribution in [3.8, 4) is 0 Å². The van der Waals surface area contributed by atoms with E-state index in [4.69, 9.17) is 9.47 Å². The minimum atomic E-state index is -0.450. The van der Waals surface area contributed by atoms with Crippen LogP contribution in [-0.4, -0.2) is 56.0 Å². The Morgan fingerprint density at radius 2 is 1.90 bits per heavy atom. The predicted molar refractivity (Wildman–Crippen MR) is 82.0 cm³/mol. The minimum Gasteiger partial charge on any atom is -0.444 e. The molecule has 5 nitrogen and oxygen atoms in total. The van der Waals surface area contributed by atoms with E-state index < -0.39 is 5.60 Å². The molecule has 0 radical (unpaired) electrons. The number of likely N-dealkylation sites (N-methyl/N-ethyl adjacent to an activating group) is 1. The summed E-state index contributed by atoms with van der Waals surface area (Å²) in [5.41, 5.74) is -0.450. The van der Waals surface area contributed by atoms with E-state index in [-0.39, 0.29) is 6.09 Å². The summed E-state index contributed by atoms with van der Waals surface area (Å²) < 4.78 is 10.6. The van der Waals surface area contributed by atoms with Gasteiger partial charge in [-0.15, -0.1) is 0 Å². The maximum Gasteiger partial charge on any atom is 0.410 e. The Hall–Kier alpha value is -0.810. The van der Waals surface area contributed by atoms with Gasteiger partial charge in [0, 0.05) is 32.8 Å². The molecule has 1 atom stereocenters. The van der Waals surface area contributed by atoms with Crippen molar-refractivity contribution in [2.45, 2.75) is 53.2 Å². The van der Waals surface area contributed by atoms with Crippen molar-refractivity contribution in [1.29, 1.82) is 0 Å². The third-order valence-electron chi connectivity index (χ3n) is 2.97. The van der Waals surface area contributed by atoms with Crippen molar-refractivity contribution in [1.82, 2.24) is 10.2 Å². The van der Waals surface area contributed by atoms with E-state index in [2.05, 4.69) is 19.2 Å². The molecular weight excluding hydrogens is 256 g/mol. The van der Waals surface area contributed by atoms with Gasteiger partial charge in [0.25, 0.3) is 0 Å². The maximum absolute atomic E-state index is 12.0. The molecule has 0 rings (SSSR count). The first-order chi connectivity index (χ1) is 9.21. The van der Waals surface area contributed by atoms with Gasteiger partial charge < -0.3 is 19.7 Å². The van der Waals surface area contributed by atoms with Gasteiger partial charge in [-0.3, -0.25) is 0 Å². The fourth-order valence-corrected chi connectivity index (χ4v) is 1.76. The summed E-state index contributed by atoms with van der Waals surface area (Å²) in [6, 6.07) is 0.303. The summed E-state index contributed by atoms with van der Waals surface area (Å²) in [6.07, 6.45) is -0.255. The van der Waals surface area contributed by atoms with Crippen molar-refractivity contribution in [3.63, 3.8) is 0 Å². The first-order valence-corrected chi connectivity index (χ1v) is 7.41. The zero-order valence-corrected chi connectivity index (χ0v) is 14.2. The van der Waals surface area contributed by atoms with E-state index in [1.807, 2.05) is 27.7 Å². The van der Waals surface area contributed by atoms with E-state index in [1.165, 1.54) is 0 Å². The molecule has 1 amide bonds. The molecule has 20 heavy (non-hydrogen) atoms. The average molecular weight is 288 g/mol. The molecule has 1 unspecified atom stereocenters. The number of methoxy groups -OCH3 is 1. The molecule has 0 aromatic carbocycles. The maximum atomic E-state index is 12.0. The summed E-state index contributed by atoms with van der Waals surface area (Å²) in [4.78, 5) is 13.7. The van der Waals surface area contributed by atoms with Gasteiger partial charge in [0.1, 0.15) is 5.60 Å². The number of hydrogen-bond donors (Lipinski definition) is 1. The summed E-state index contributed by atoms with van der Waals surface area (Å²) >= 11 is 0. The van der Waals surface area contributed by atoms with Gasteiger partial charge in [-0.1, -0.05) is 13.8 Å². The number of nitrogens with one attached hydrogen (secondary N) is 1. The fourth-order valence-electron chi connectivity index (χ4n) is 1.76. The first-order valence-electron chi connectivity index (χ1n) is 7.41. The molecule has 0 heterocycles. The smallest absolute Gasteiger partial charge is 0.410 e. The zero-order valence-electron chi connectivity index (χ0n) is 14.2. The third-order valence-corrected chi connectivity index (χ3v) is 2.97. The summed E-state index contributed by atoms with van der Waals surface area (Å²) in [5.74, 6) is 0.492. The summed E-state index contributed by atoms with van der Waals surface area (Å²) in [7, 11) is 1.70. The second-order valence-corrected chi connectivity index (χ2v) is 6.32. The Labute approximate surface area is 124 Å². The van der Waals surface area contributed by atoms with Gasteiger partial charge in [-0.2, -0.15) is 0 Å². The molecule has 120 valence electrons. The van der Waals surface area contributed by atoms with Gasteiger partial charge in [-0.25, -0.2) is 4.79 Å². The van der Waals surface area contributed by atoms with Crippen LogP contribution in [0.2, 0.25) is 0 Å². The Morgan fingerprint density at radius 3 is 2.30 bits per heavy atom. The molecule has 0 aliphatic rings. The van der Waals surface area contributed by atoms with Gasteiger partial charge in [-0.05, 0) is 33.6 Å². The lowest BCUT2D eigenvalue weighted by atomic mass is 10.1. The van der Waals surface area contributed by atoms with Gasteiger partial charge in [0.05, 0.1) is 6.61 Å². The quantitative estimate of drug-likeness (QED) is 0.745. The van der Waals surface area contributed by atoms with Crippen LogP contribution in [0.4, 0.5) is 4.79 Å². The minimum absolute atomic E-state index is 0.255. The topological polar surface area (TPSA) is 50.8 Å². The zero-order chi connectivity index (χ0) is 15.8. The second-order valence-electron chi connectivity index (χ2n) is 6.32. The molecule has 5 heteroatoms. The highest BCUT2D eigenvalue weighted by Gasteiger charge is 2.21. The van der Waals surface area contributed by atoms with E-state index in [0.717, 1.165) is 6.54 Å². The van der Waals surface area contributed by atoms with Crippen LogP contribution in [0.15, 0.2) is 0 Å². The van der Waals surface area contributed by atoms with Crippen LogP contribution in [0.1, 0.15) is 41.5 Å². The van der Waals surface area contributed by atoms with Crippen LogP contribution in [0, 0.1) is 5.92 Å². The number of carbonyl (C=O) groups excluding carboxylic acids is 1. The third kappa shape index (κ3) is 8.38. The number of hydrogen-bond acceptors (Lipinski definition) is 4. The van der Waals surface area contributed by atoms with Crippen LogP contribution in [0.5, 0.6) is 0 Å². The van der Waals surface area contributed by atoms with E-state index >= 15 is 0 Å². The lowest BCUT2D eigenvalue weighted by Crippen LogP contribution is -2.44. The average Bonchev–Trinajstić information content (AvgIpc) is 2.30. The van der Waals surface area contributed by atoms with Crippen molar-refractivity contribution in [3.05, 3.63) is 0 Å². The second kappa shape index (κ2) is 9.19. The molecule has 0 bridgehead atoms. The number of carbonyl (C=O) groups is 1. The molecule has 0 aliphatic carbocycles. The fraction of sp³-hybridized carbons (Fsp3) is 0.933. The molecule has 0 fully saturated rings. The summed E-state index contributed by atoms with van der Waals surface area (Å²) in [6.45, 7) is 14.6. The van der Waals surface area contributed by atoms with Crippen molar-refractivity contribution < 1.29 is 14.3 Å². The number of rotatable bonds is 8. The number of amides is 1. The van der Waals surface area contributed by atoms with Crippen LogP contribution in [0.25, 0.3) is 0 Å². The normalized spacial score (nSPS) is 13.4. The van der Waals surface area contributed by atoms with E-state index in [9.17, 15) is 4.79 Å². The standard InChI is InChI=1S/C15H32N2O3/c1-8-17(14(18)20-15(4,5)6)10-9-16-13(11-19-7)12(2)3/h12-13,16H,8-11H2,1-7H3. The van der Waals surface area contributed by atoms with Gasteiger partial charge in [0.2, 0.25) is 0 Å². The molecule has 0 aromatic heterocycles. The number of nitrogens with zero attached hydrogens (tertiary/aromatic N) is 1. The largest absolute Gasteiger partial charge is 0.444 e. The van der Waals surface area contributed by atoms with Crippen LogP contribution in [-0.2, 0) is 9.47 Å². The van der Waals surface area contributed by atoms with E-state index in [1.54, 1.807) is 12.0 Å². The van der Waals surface area contributed by atoms with E-state index in [0.29, 0.717) is 31.7 Å². The van der Waals surface area contributed by atoms with Crippen LogP contribution in [0.3, 0.4) is 0 Å². The Morgan fingerprint density at radius 1 is 1.30 bits per heavy atom. The molecule has 0 spiro atoms. The predicted octanol–water partition coefficient (Wildman–Crippen LogP) is 2.50. The SMILES string of the molecule is CCN(CCNC(COC)C(C)C)C(=O)OC(C)(C)C. The van der Waals surface area contributed by atoms with Crippen LogP contribution >= 0.6 is 0 Å². The molecule has 0 aliphatic heterocycles. The first kappa shape index (κ1) is 19.2. The number of ether oxygens (including phenoxy) is 2. The Kier molecular flexibility index (Phi) is 8.81.